The van der Waals surface area contributed by atoms with Crippen LogP contribution in [0.25, 0.3) is 0 Å². The number of anilines is 1. The molecule has 0 fully saturated rings. The fraction of sp³-hybridized carbons (Fsp3) is 0.273. The second kappa shape index (κ2) is 4.35. The normalized spacial score (nSPS) is 15.6. The number of amides is 1. The van der Waals surface area contributed by atoms with E-state index in [0.29, 0.717) is 13.0 Å². The van der Waals surface area contributed by atoms with Gasteiger partial charge in [0, 0.05) is 11.0 Å². The van der Waals surface area contributed by atoms with Crippen molar-refractivity contribution in [2.75, 3.05) is 11.6 Å². The zero-order valence-corrected chi connectivity index (χ0v) is 10.5. The molecule has 1 aliphatic rings. The third-order valence-electron chi connectivity index (χ3n) is 2.46. The van der Waals surface area contributed by atoms with Crippen molar-refractivity contribution < 1.29 is 4.79 Å². The third-order valence-corrected chi connectivity index (χ3v) is 2.95. The number of aryl methyl sites for hydroxylation is 1. The Labute approximate surface area is 102 Å². The lowest BCUT2D eigenvalue weighted by Crippen LogP contribution is -2.20. The maximum Gasteiger partial charge on any atom is 0.253 e. The highest BCUT2D eigenvalue weighted by molar-refractivity contribution is 9.10. The van der Waals surface area contributed by atoms with E-state index in [4.69, 9.17) is 5.73 Å². The molecule has 0 aromatic heterocycles. The van der Waals surface area contributed by atoms with Gasteiger partial charge < -0.3 is 5.73 Å². The molecule has 0 radical (unpaired) electrons. The van der Waals surface area contributed by atoms with Crippen molar-refractivity contribution in [2.45, 2.75) is 13.3 Å². The van der Waals surface area contributed by atoms with Crippen LogP contribution in [0.15, 0.2) is 27.8 Å². The number of nitrogens with zero attached hydrogens (tertiary/aromatic N) is 2. The number of halogens is 1. The number of benzene rings is 1. The SMILES string of the molecule is Cc1cc(Br)ccc1N1N=C(CN)CC1=O. The number of nitrogens with two attached hydrogens (primary N) is 1. The van der Waals surface area contributed by atoms with Crippen molar-refractivity contribution in [2.24, 2.45) is 10.8 Å². The zero-order chi connectivity index (χ0) is 11.7. The average Bonchev–Trinajstić information content (AvgIpc) is 2.60. The van der Waals surface area contributed by atoms with Gasteiger partial charge in [-0.05, 0) is 30.7 Å². The van der Waals surface area contributed by atoms with E-state index in [2.05, 4.69) is 21.0 Å². The molecule has 1 amide bonds. The first kappa shape index (κ1) is 11.3. The topological polar surface area (TPSA) is 58.7 Å². The second-order valence-corrected chi connectivity index (χ2v) is 4.60. The van der Waals surface area contributed by atoms with Crippen molar-refractivity contribution in [3.8, 4) is 0 Å². The molecule has 4 nitrogen and oxygen atoms in total. The highest BCUT2D eigenvalue weighted by atomic mass is 79.9. The molecule has 16 heavy (non-hydrogen) atoms. The highest BCUT2D eigenvalue weighted by Crippen LogP contribution is 2.26. The lowest BCUT2D eigenvalue weighted by Gasteiger charge is -2.14. The Bertz CT molecular complexity index is 470. The largest absolute Gasteiger partial charge is 0.325 e. The molecule has 0 bridgehead atoms. The summed E-state index contributed by atoms with van der Waals surface area (Å²) >= 11 is 3.39. The molecule has 2 N–H and O–H groups in total. The first-order chi connectivity index (χ1) is 7.61. The van der Waals surface area contributed by atoms with Crippen LogP contribution in [0.4, 0.5) is 5.69 Å². The highest BCUT2D eigenvalue weighted by Gasteiger charge is 2.25. The number of rotatable bonds is 2. The van der Waals surface area contributed by atoms with Gasteiger partial charge in [-0.2, -0.15) is 5.10 Å². The summed E-state index contributed by atoms with van der Waals surface area (Å²) < 4.78 is 0.989. The predicted octanol–water partition coefficient (Wildman–Crippen LogP) is 1.81. The molecule has 0 saturated heterocycles. The molecular weight excluding hydrogens is 270 g/mol. The van der Waals surface area contributed by atoms with Crippen LogP contribution in [0, 0.1) is 6.92 Å². The molecule has 84 valence electrons. The second-order valence-electron chi connectivity index (χ2n) is 3.68. The van der Waals surface area contributed by atoms with Crippen LogP contribution in [-0.2, 0) is 4.79 Å². The first-order valence-electron chi connectivity index (χ1n) is 4.97. The van der Waals surface area contributed by atoms with E-state index in [0.717, 1.165) is 21.4 Å². The first-order valence-corrected chi connectivity index (χ1v) is 5.76. The number of carbonyl (C=O) groups excluding carboxylic acids is 1. The summed E-state index contributed by atoms with van der Waals surface area (Å²) in [6.07, 6.45) is 0.325. The molecule has 5 heteroatoms. The quantitative estimate of drug-likeness (QED) is 0.899. The van der Waals surface area contributed by atoms with E-state index in [1.54, 1.807) is 0 Å². The Balaban J connectivity index is 2.38. The van der Waals surface area contributed by atoms with Crippen molar-refractivity contribution in [1.29, 1.82) is 0 Å². The third kappa shape index (κ3) is 2.01. The van der Waals surface area contributed by atoms with Gasteiger partial charge in [-0.3, -0.25) is 4.79 Å². The van der Waals surface area contributed by atoms with Crippen LogP contribution in [-0.4, -0.2) is 18.2 Å². The fourth-order valence-corrected chi connectivity index (χ4v) is 2.12. The Kier molecular flexibility index (Phi) is 3.07. The monoisotopic (exact) mass is 281 g/mol. The number of carbonyl (C=O) groups is 1. The lowest BCUT2D eigenvalue weighted by atomic mass is 10.2. The van der Waals surface area contributed by atoms with E-state index >= 15 is 0 Å². The molecule has 0 spiro atoms. The van der Waals surface area contributed by atoms with Crippen LogP contribution < -0.4 is 10.7 Å². The van der Waals surface area contributed by atoms with Gasteiger partial charge in [0.1, 0.15) is 0 Å². The summed E-state index contributed by atoms with van der Waals surface area (Å²) in [6.45, 7) is 2.28. The summed E-state index contributed by atoms with van der Waals surface area (Å²) in [5, 5.41) is 5.64. The molecule has 0 saturated carbocycles. The lowest BCUT2D eigenvalue weighted by molar-refractivity contribution is -0.116. The standard InChI is InChI=1S/C11H12BrN3O/c1-7-4-8(12)2-3-10(7)15-11(16)5-9(6-13)14-15/h2-4H,5-6,13H2,1H3. The van der Waals surface area contributed by atoms with E-state index in [1.807, 2.05) is 25.1 Å². The maximum atomic E-state index is 11.7. The minimum absolute atomic E-state index is 0.0223. The molecule has 1 aliphatic heterocycles. The van der Waals surface area contributed by atoms with Gasteiger partial charge in [0.25, 0.3) is 5.91 Å². The van der Waals surface area contributed by atoms with Gasteiger partial charge in [-0.1, -0.05) is 15.9 Å². The van der Waals surface area contributed by atoms with Crippen molar-refractivity contribution in [3.63, 3.8) is 0 Å². The van der Waals surface area contributed by atoms with Crippen LogP contribution >= 0.6 is 15.9 Å². The molecule has 2 rings (SSSR count). The minimum Gasteiger partial charge on any atom is -0.325 e. The summed E-state index contributed by atoms with van der Waals surface area (Å²) in [5.41, 5.74) is 8.03. The van der Waals surface area contributed by atoms with Crippen LogP contribution in [0.2, 0.25) is 0 Å². The molecule has 1 heterocycles. The van der Waals surface area contributed by atoms with Crippen LogP contribution in [0.3, 0.4) is 0 Å². The van der Waals surface area contributed by atoms with E-state index < -0.39 is 0 Å². The summed E-state index contributed by atoms with van der Waals surface area (Å²) in [4.78, 5) is 11.7. The Morgan fingerprint density at radius 2 is 2.31 bits per heavy atom. The molecule has 0 atom stereocenters. The Morgan fingerprint density at radius 1 is 1.56 bits per heavy atom. The number of hydrogen-bond donors (Lipinski definition) is 1. The molecule has 1 aromatic rings. The molecule has 0 aliphatic carbocycles. The fourth-order valence-electron chi connectivity index (χ4n) is 1.64. The molecular formula is C11H12BrN3O. The smallest absolute Gasteiger partial charge is 0.253 e. The van der Waals surface area contributed by atoms with Gasteiger partial charge in [-0.25, -0.2) is 5.01 Å². The zero-order valence-electron chi connectivity index (χ0n) is 8.90. The summed E-state index contributed by atoms with van der Waals surface area (Å²) in [5.74, 6) is -0.0223. The summed E-state index contributed by atoms with van der Waals surface area (Å²) in [7, 11) is 0. The van der Waals surface area contributed by atoms with Gasteiger partial charge in [-0.15, -0.1) is 0 Å². The summed E-state index contributed by atoms with van der Waals surface area (Å²) in [6, 6.07) is 5.73. The minimum atomic E-state index is -0.0223. The van der Waals surface area contributed by atoms with E-state index in [1.165, 1.54) is 5.01 Å². The van der Waals surface area contributed by atoms with E-state index in [-0.39, 0.29) is 5.91 Å². The van der Waals surface area contributed by atoms with Gasteiger partial charge in [0.2, 0.25) is 0 Å². The number of hydrazone groups is 1. The van der Waals surface area contributed by atoms with Crippen molar-refractivity contribution in [3.05, 3.63) is 28.2 Å². The van der Waals surface area contributed by atoms with Gasteiger partial charge in [0.15, 0.2) is 0 Å². The molecule has 1 aromatic carbocycles. The Morgan fingerprint density at radius 3 is 2.88 bits per heavy atom. The van der Waals surface area contributed by atoms with Crippen molar-refractivity contribution >= 4 is 33.2 Å². The van der Waals surface area contributed by atoms with Gasteiger partial charge >= 0.3 is 0 Å². The van der Waals surface area contributed by atoms with Crippen molar-refractivity contribution in [1.82, 2.24) is 0 Å². The van der Waals surface area contributed by atoms with Gasteiger partial charge in [0.05, 0.1) is 17.8 Å². The average molecular weight is 282 g/mol. The maximum absolute atomic E-state index is 11.7. The molecule has 0 unspecified atom stereocenters. The Hall–Kier alpha value is -1.20. The van der Waals surface area contributed by atoms with Crippen LogP contribution in [0.1, 0.15) is 12.0 Å². The van der Waals surface area contributed by atoms with E-state index in [9.17, 15) is 4.79 Å². The van der Waals surface area contributed by atoms with Crippen LogP contribution in [0.5, 0.6) is 0 Å². The predicted molar refractivity (Wildman–Crippen MR) is 67.5 cm³/mol. The number of hydrogen-bond acceptors (Lipinski definition) is 3.